The topological polar surface area (TPSA) is 44.1 Å². The Balaban J connectivity index is 1.80. The Morgan fingerprint density at radius 3 is 2.88 bits per heavy atom. The zero-order valence-electron chi connectivity index (χ0n) is 9.11. The summed E-state index contributed by atoms with van der Waals surface area (Å²) in [6, 6.07) is 0. The third-order valence-corrected chi connectivity index (χ3v) is 4.01. The summed E-state index contributed by atoms with van der Waals surface area (Å²) < 4.78 is 7.68. The van der Waals surface area contributed by atoms with Crippen LogP contribution in [0.1, 0.15) is 47.7 Å². The van der Waals surface area contributed by atoms with Crippen LogP contribution in [0.3, 0.4) is 0 Å². The molecule has 0 saturated heterocycles. The zero-order valence-corrected chi connectivity index (χ0v) is 9.11. The maximum Gasteiger partial charge on any atom is 0.222 e. The van der Waals surface area contributed by atoms with Crippen molar-refractivity contribution >= 4 is 6.29 Å². The first-order chi connectivity index (χ1) is 7.81. The lowest BCUT2D eigenvalue weighted by Gasteiger charge is -2.23. The molecule has 84 valence electrons. The third-order valence-electron chi connectivity index (χ3n) is 4.01. The Kier molecular flexibility index (Phi) is 1.47. The molecule has 0 N–H and O–H groups in total. The number of carbonyl (C=O) groups excluding carboxylic acids is 1. The molecule has 1 aromatic rings. The highest BCUT2D eigenvalue weighted by Crippen LogP contribution is 2.51. The molecule has 2 saturated carbocycles. The summed E-state index contributed by atoms with van der Waals surface area (Å²) in [4.78, 5) is 11.1. The molecule has 4 rings (SSSR count). The lowest BCUT2D eigenvalue weighted by atomic mass is 10.1. The molecule has 1 aliphatic heterocycles. The minimum Gasteiger partial charge on any atom is -0.477 e. The zero-order chi connectivity index (χ0) is 10.8. The van der Waals surface area contributed by atoms with E-state index in [4.69, 9.17) is 4.74 Å². The lowest BCUT2D eigenvalue weighted by molar-refractivity contribution is 0.110. The van der Waals surface area contributed by atoms with Gasteiger partial charge in [-0.25, -0.2) is 4.68 Å². The van der Waals surface area contributed by atoms with E-state index in [1.165, 1.54) is 25.7 Å². The minimum absolute atomic E-state index is 0.347. The molecule has 0 radical (unpaired) electrons. The molecular formula is C12H14N2O2. The van der Waals surface area contributed by atoms with Gasteiger partial charge in [-0.05, 0) is 25.7 Å². The van der Waals surface area contributed by atoms with Crippen LogP contribution in [-0.2, 0) is 6.54 Å². The number of carbonyl (C=O) groups is 1. The van der Waals surface area contributed by atoms with E-state index in [-0.39, 0.29) is 0 Å². The number of aldehydes is 1. The molecular weight excluding hydrogens is 204 g/mol. The van der Waals surface area contributed by atoms with Crippen LogP contribution in [0.25, 0.3) is 0 Å². The monoisotopic (exact) mass is 218 g/mol. The van der Waals surface area contributed by atoms with Crippen molar-refractivity contribution in [1.82, 2.24) is 9.78 Å². The molecule has 1 aromatic heterocycles. The summed E-state index contributed by atoms with van der Waals surface area (Å²) in [6.07, 6.45) is 5.73. The molecule has 0 unspecified atom stereocenters. The second-order valence-electron chi connectivity index (χ2n) is 5.44. The number of nitrogens with zero attached hydrogens (tertiary/aromatic N) is 2. The van der Waals surface area contributed by atoms with Gasteiger partial charge in [0.2, 0.25) is 5.88 Å². The molecule has 3 aliphatic rings. The van der Waals surface area contributed by atoms with Gasteiger partial charge >= 0.3 is 0 Å². The van der Waals surface area contributed by atoms with Gasteiger partial charge in [-0.2, -0.15) is 5.10 Å². The minimum atomic E-state index is 0.347. The quantitative estimate of drug-likeness (QED) is 0.710. The maximum absolute atomic E-state index is 11.1. The lowest BCUT2D eigenvalue weighted by Crippen LogP contribution is -2.27. The van der Waals surface area contributed by atoms with Crippen LogP contribution in [0.2, 0.25) is 0 Å². The van der Waals surface area contributed by atoms with Crippen LogP contribution in [-0.4, -0.2) is 22.7 Å². The Labute approximate surface area is 93.6 Å². The molecule has 2 heterocycles. The van der Waals surface area contributed by atoms with Crippen molar-refractivity contribution in [3.8, 4) is 5.88 Å². The van der Waals surface area contributed by atoms with Crippen LogP contribution in [0, 0.1) is 5.41 Å². The molecule has 1 spiro atoms. The fraction of sp³-hybridized carbons (Fsp3) is 0.667. The van der Waals surface area contributed by atoms with Gasteiger partial charge in [0.1, 0.15) is 0 Å². The van der Waals surface area contributed by atoms with Gasteiger partial charge in [0.15, 0.2) is 6.29 Å². The van der Waals surface area contributed by atoms with Gasteiger partial charge < -0.3 is 4.74 Å². The fourth-order valence-electron chi connectivity index (χ4n) is 2.57. The highest BCUT2D eigenvalue weighted by Gasteiger charge is 2.48. The van der Waals surface area contributed by atoms with Gasteiger partial charge in [-0.15, -0.1) is 0 Å². The van der Waals surface area contributed by atoms with E-state index >= 15 is 0 Å². The molecule has 0 amide bonds. The summed E-state index contributed by atoms with van der Waals surface area (Å²) in [6.45, 7) is 1.71. The van der Waals surface area contributed by atoms with E-state index in [9.17, 15) is 4.79 Å². The number of fused-ring (bicyclic) bond motifs is 1. The van der Waals surface area contributed by atoms with E-state index < -0.39 is 0 Å². The van der Waals surface area contributed by atoms with Gasteiger partial charge in [-0.3, -0.25) is 4.79 Å². The summed E-state index contributed by atoms with van der Waals surface area (Å²) >= 11 is 0. The number of aromatic nitrogens is 2. The summed E-state index contributed by atoms with van der Waals surface area (Å²) in [5.41, 5.74) is 2.03. The van der Waals surface area contributed by atoms with Crippen LogP contribution in [0.5, 0.6) is 5.88 Å². The highest BCUT2D eigenvalue weighted by molar-refractivity contribution is 5.81. The molecule has 0 bridgehead atoms. The van der Waals surface area contributed by atoms with E-state index in [1.807, 2.05) is 4.68 Å². The predicted molar refractivity (Wildman–Crippen MR) is 56.8 cm³/mol. The van der Waals surface area contributed by atoms with Crippen LogP contribution >= 0.6 is 0 Å². The van der Waals surface area contributed by atoms with E-state index in [0.717, 1.165) is 31.0 Å². The van der Waals surface area contributed by atoms with Gasteiger partial charge in [0.25, 0.3) is 0 Å². The maximum atomic E-state index is 11.1. The van der Waals surface area contributed by atoms with E-state index in [1.54, 1.807) is 0 Å². The summed E-state index contributed by atoms with van der Waals surface area (Å²) in [5, 5.41) is 4.58. The number of ether oxygens (including phenoxy) is 1. The Morgan fingerprint density at radius 2 is 2.25 bits per heavy atom. The summed E-state index contributed by atoms with van der Waals surface area (Å²) in [5.74, 6) is 1.23. The van der Waals surface area contributed by atoms with Crippen LogP contribution in [0.4, 0.5) is 0 Å². The molecule has 2 aliphatic carbocycles. The van der Waals surface area contributed by atoms with Crippen molar-refractivity contribution in [2.45, 2.75) is 38.1 Å². The Morgan fingerprint density at radius 1 is 1.44 bits per heavy atom. The van der Waals surface area contributed by atoms with Crippen molar-refractivity contribution in [1.29, 1.82) is 0 Å². The number of rotatable bonds is 2. The highest BCUT2D eigenvalue weighted by atomic mass is 16.5. The number of hydrogen-bond donors (Lipinski definition) is 0. The molecule has 0 aromatic carbocycles. The molecule has 2 fully saturated rings. The Bertz CT molecular complexity index is 470. The molecule has 4 nitrogen and oxygen atoms in total. The van der Waals surface area contributed by atoms with Crippen molar-refractivity contribution in [2.24, 2.45) is 5.41 Å². The molecule has 16 heavy (non-hydrogen) atoms. The van der Waals surface area contributed by atoms with Gasteiger partial charge in [0.05, 0.1) is 24.4 Å². The largest absolute Gasteiger partial charge is 0.477 e. The van der Waals surface area contributed by atoms with Gasteiger partial charge in [-0.1, -0.05) is 0 Å². The Hall–Kier alpha value is -1.32. The third kappa shape index (κ3) is 1.10. The van der Waals surface area contributed by atoms with E-state index in [0.29, 0.717) is 16.9 Å². The van der Waals surface area contributed by atoms with Crippen molar-refractivity contribution in [2.75, 3.05) is 6.61 Å². The van der Waals surface area contributed by atoms with Crippen molar-refractivity contribution in [3.05, 3.63) is 11.3 Å². The SMILES string of the molecule is O=Cc1c(C2CC2)nn2c1OCC1(CC1)C2. The second-order valence-corrected chi connectivity index (χ2v) is 5.44. The first-order valence-corrected chi connectivity index (χ1v) is 6.00. The van der Waals surface area contributed by atoms with Gasteiger partial charge in [0, 0.05) is 11.3 Å². The predicted octanol–water partition coefficient (Wildman–Crippen LogP) is 1.75. The molecule has 0 atom stereocenters. The first kappa shape index (κ1) is 8.79. The first-order valence-electron chi connectivity index (χ1n) is 6.00. The van der Waals surface area contributed by atoms with Crippen LogP contribution in [0.15, 0.2) is 0 Å². The van der Waals surface area contributed by atoms with E-state index in [2.05, 4.69) is 5.10 Å². The number of hydrogen-bond acceptors (Lipinski definition) is 3. The summed E-state index contributed by atoms with van der Waals surface area (Å²) in [7, 11) is 0. The molecule has 4 heteroatoms. The second kappa shape index (κ2) is 2.67. The van der Waals surface area contributed by atoms with Crippen molar-refractivity contribution < 1.29 is 9.53 Å². The fourth-order valence-corrected chi connectivity index (χ4v) is 2.57. The standard InChI is InChI=1S/C12H14N2O2/c15-5-9-10(8-1-2-8)13-14-6-12(3-4-12)7-16-11(9)14/h5,8H,1-4,6-7H2. The average molecular weight is 218 g/mol. The van der Waals surface area contributed by atoms with Crippen molar-refractivity contribution in [3.63, 3.8) is 0 Å². The smallest absolute Gasteiger partial charge is 0.222 e. The average Bonchev–Trinajstić information content (AvgIpc) is 3.19. The normalized spacial score (nSPS) is 25.0. The van der Waals surface area contributed by atoms with Crippen LogP contribution < -0.4 is 4.74 Å².